The molecule has 0 bridgehead atoms. The summed E-state index contributed by atoms with van der Waals surface area (Å²) in [5.74, 6) is 0.608. The second-order valence-corrected chi connectivity index (χ2v) is 8.75. The predicted molar refractivity (Wildman–Crippen MR) is 105 cm³/mol. The fourth-order valence-corrected chi connectivity index (χ4v) is 4.25. The standard InChI is InChI=1S/C19H32ClNO3S/c1-5-7-9-17(6-2)14-24-11-8-10-21-25(22,23)19-13-15(3)18(20)12-16(19)4/h12-13,17,21H,5-11,14H2,1-4H3. The number of unbranched alkanes of at least 4 members (excludes halogenated alkanes) is 1. The van der Waals surface area contributed by atoms with Gasteiger partial charge in [-0.2, -0.15) is 0 Å². The third-order valence-corrected chi connectivity index (χ3v) is 6.41. The lowest BCUT2D eigenvalue weighted by Gasteiger charge is -2.15. The van der Waals surface area contributed by atoms with Crippen molar-refractivity contribution >= 4 is 21.6 Å². The van der Waals surface area contributed by atoms with Gasteiger partial charge < -0.3 is 4.74 Å². The lowest BCUT2D eigenvalue weighted by Crippen LogP contribution is -2.26. The molecule has 0 aliphatic heterocycles. The average molecular weight is 390 g/mol. The van der Waals surface area contributed by atoms with E-state index in [9.17, 15) is 8.42 Å². The maximum Gasteiger partial charge on any atom is 0.240 e. The van der Waals surface area contributed by atoms with Crippen molar-refractivity contribution < 1.29 is 13.2 Å². The number of halogens is 1. The summed E-state index contributed by atoms with van der Waals surface area (Å²) in [7, 11) is -3.51. The summed E-state index contributed by atoms with van der Waals surface area (Å²) in [5, 5.41) is 0.582. The van der Waals surface area contributed by atoms with Gasteiger partial charge in [0.25, 0.3) is 0 Å². The second kappa shape index (κ2) is 11.2. The Morgan fingerprint density at radius 2 is 1.88 bits per heavy atom. The van der Waals surface area contributed by atoms with E-state index < -0.39 is 10.0 Å². The molecule has 0 aliphatic rings. The highest BCUT2D eigenvalue weighted by molar-refractivity contribution is 7.89. The number of hydrogen-bond donors (Lipinski definition) is 1. The fourth-order valence-electron chi connectivity index (χ4n) is 2.65. The molecule has 6 heteroatoms. The third-order valence-electron chi connectivity index (χ3n) is 4.40. The van der Waals surface area contributed by atoms with Gasteiger partial charge >= 0.3 is 0 Å². The van der Waals surface area contributed by atoms with Crippen molar-refractivity contribution in [1.29, 1.82) is 0 Å². The SMILES string of the molecule is CCCCC(CC)COCCCNS(=O)(=O)c1cc(C)c(Cl)cc1C. The van der Waals surface area contributed by atoms with Gasteiger partial charge in [0, 0.05) is 24.8 Å². The van der Waals surface area contributed by atoms with E-state index in [4.69, 9.17) is 16.3 Å². The van der Waals surface area contributed by atoms with Gasteiger partial charge in [-0.3, -0.25) is 0 Å². The number of benzene rings is 1. The molecule has 1 aromatic rings. The average Bonchev–Trinajstić information content (AvgIpc) is 2.56. The molecule has 0 fully saturated rings. The Bertz CT molecular complexity index is 632. The van der Waals surface area contributed by atoms with Crippen LogP contribution in [0.3, 0.4) is 0 Å². The summed E-state index contributed by atoms with van der Waals surface area (Å²) < 4.78 is 33.2. The van der Waals surface area contributed by atoms with Crippen molar-refractivity contribution in [2.45, 2.75) is 64.7 Å². The first-order valence-electron chi connectivity index (χ1n) is 9.16. The monoisotopic (exact) mass is 389 g/mol. The van der Waals surface area contributed by atoms with E-state index in [1.807, 2.05) is 0 Å². The molecule has 0 amide bonds. The second-order valence-electron chi connectivity index (χ2n) is 6.61. The van der Waals surface area contributed by atoms with Gasteiger partial charge in [0.2, 0.25) is 10.0 Å². The largest absolute Gasteiger partial charge is 0.381 e. The van der Waals surface area contributed by atoms with Gasteiger partial charge in [-0.1, -0.05) is 44.7 Å². The molecule has 1 aromatic carbocycles. The Morgan fingerprint density at radius 3 is 2.52 bits per heavy atom. The summed E-state index contributed by atoms with van der Waals surface area (Å²) >= 11 is 6.03. The molecule has 0 aromatic heterocycles. The lowest BCUT2D eigenvalue weighted by molar-refractivity contribution is 0.0928. The van der Waals surface area contributed by atoms with Gasteiger partial charge in [-0.05, 0) is 55.9 Å². The molecule has 0 aliphatic carbocycles. The molecule has 4 nitrogen and oxygen atoms in total. The molecule has 0 spiro atoms. The Kier molecular flexibility index (Phi) is 10.0. The minimum absolute atomic E-state index is 0.293. The Hall–Kier alpha value is -0.620. The van der Waals surface area contributed by atoms with Gasteiger partial charge in [-0.15, -0.1) is 0 Å². The van der Waals surface area contributed by atoms with Crippen molar-refractivity contribution in [1.82, 2.24) is 4.72 Å². The van der Waals surface area contributed by atoms with Crippen LogP contribution in [0, 0.1) is 19.8 Å². The number of ether oxygens (including phenoxy) is 1. The molecule has 0 radical (unpaired) electrons. The quantitative estimate of drug-likeness (QED) is 0.519. The highest BCUT2D eigenvalue weighted by Gasteiger charge is 2.17. The van der Waals surface area contributed by atoms with E-state index in [0.29, 0.717) is 41.0 Å². The van der Waals surface area contributed by atoms with Gasteiger partial charge in [-0.25, -0.2) is 13.1 Å². The van der Waals surface area contributed by atoms with E-state index in [2.05, 4.69) is 18.6 Å². The number of hydrogen-bond acceptors (Lipinski definition) is 3. The molecule has 1 unspecified atom stereocenters. The van der Waals surface area contributed by atoms with Crippen LogP contribution in [0.1, 0.15) is 57.1 Å². The normalized spacial score (nSPS) is 13.2. The smallest absolute Gasteiger partial charge is 0.240 e. The zero-order valence-electron chi connectivity index (χ0n) is 15.9. The van der Waals surface area contributed by atoms with Crippen LogP contribution >= 0.6 is 11.6 Å². The van der Waals surface area contributed by atoms with Crippen molar-refractivity contribution in [2.24, 2.45) is 5.92 Å². The van der Waals surface area contributed by atoms with E-state index in [1.165, 1.54) is 19.3 Å². The topological polar surface area (TPSA) is 55.4 Å². The van der Waals surface area contributed by atoms with Crippen molar-refractivity contribution in [3.05, 3.63) is 28.3 Å². The van der Waals surface area contributed by atoms with Crippen LogP contribution in [-0.4, -0.2) is 28.2 Å². The highest BCUT2D eigenvalue weighted by Crippen LogP contribution is 2.23. The van der Waals surface area contributed by atoms with Crippen LogP contribution in [0.15, 0.2) is 17.0 Å². The zero-order valence-corrected chi connectivity index (χ0v) is 17.5. The van der Waals surface area contributed by atoms with Crippen molar-refractivity contribution in [2.75, 3.05) is 19.8 Å². The summed E-state index contributed by atoms with van der Waals surface area (Å²) in [6.45, 7) is 9.65. The van der Waals surface area contributed by atoms with Crippen LogP contribution < -0.4 is 4.72 Å². The molecule has 1 N–H and O–H groups in total. The number of sulfonamides is 1. The van der Waals surface area contributed by atoms with Crippen LogP contribution in [0.5, 0.6) is 0 Å². The molecular weight excluding hydrogens is 358 g/mol. The van der Waals surface area contributed by atoms with E-state index in [1.54, 1.807) is 26.0 Å². The Labute approximate surface area is 158 Å². The van der Waals surface area contributed by atoms with Crippen LogP contribution in [0.2, 0.25) is 5.02 Å². The van der Waals surface area contributed by atoms with Gasteiger partial charge in [0.1, 0.15) is 0 Å². The molecule has 1 rings (SSSR count). The van der Waals surface area contributed by atoms with E-state index in [-0.39, 0.29) is 0 Å². The lowest BCUT2D eigenvalue weighted by atomic mass is 10.0. The first kappa shape index (κ1) is 22.4. The first-order valence-corrected chi connectivity index (χ1v) is 11.0. The van der Waals surface area contributed by atoms with Crippen LogP contribution in [0.4, 0.5) is 0 Å². The first-order chi connectivity index (χ1) is 11.8. The molecular formula is C19H32ClNO3S. The zero-order chi connectivity index (χ0) is 18.9. The summed E-state index contributed by atoms with van der Waals surface area (Å²) in [6, 6.07) is 3.31. The van der Waals surface area contributed by atoms with E-state index in [0.717, 1.165) is 18.6 Å². The fraction of sp³-hybridized carbons (Fsp3) is 0.684. The van der Waals surface area contributed by atoms with Crippen molar-refractivity contribution in [3.8, 4) is 0 Å². The Balaban J connectivity index is 2.39. The summed E-state index contributed by atoms with van der Waals surface area (Å²) in [6.07, 6.45) is 5.44. The number of nitrogens with one attached hydrogen (secondary N) is 1. The maximum absolute atomic E-state index is 12.4. The maximum atomic E-state index is 12.4. The number of rotatable bonds is 12. The molecule has 0 saturated carbocycles. The molecule has 25 heavy (non-hydrogen) atoms. The van der Waals surface area contributed by atoms with Crippen molar-refractivity contribution in [3.63, 3.8) is 0 Å². The van der Waals surface area contributed by atoms with E-state index >= 15 is 0 Å². The van der Waals surface area contributed by atoms with Gasteiger partial charge in [0.05, 0.1) is 4.90 Å². The van der Waals surface area contributed by atoms with Gasteiger partial charge in [0.15, 0.2) is 0 Å². The minimum Gasteiger partial charge on any atom is -0.381 e. The number of aryl methyl sites for hydroxylation is 2. The molecule has 1 atom stereocenters. The molecule has 0 heterocycles. The third kappa shape index (κ3) is 7.65. The molecule has 144 valence electrons. The minimum atomic E-state index is -3.51. The molecule has 0 saturated heterocycles. The Morgan fingerprint density at radius 1 is 1.16 bits per heavy atom. The summed E-state index contributed by atoms with van der Waals surface area (Å²) in [4.78, 5) is 0.293. The highest BCUT2D eigenvalue weighted by atomic mass is 35.5. The van der Waals surface area contributed by atoms with Crippen LogP contribution in [-0.2, 0) is 14.8 Å². The summed E-state index contributed by atoms with van der Waals surface area (Å²) in [5.41, 5.74) is 1.41. The van der Waals surface area contributed by atoms with Crippen LogP contribution in [0.25, 0.3) is 0 Å². The predicted octanol–water partition coefficient (Wildman–Crippen LogP) is 4.86.